The second-order valence-corrected chi connectivity index (χ2v) is 5.67. The Morgan fingerprint density at radius 2 is 1.76 bits per heavy atom. The van der Waals surface area contributed by atoms with Gasteiger partial charge in [-0.15, -0.1) is 0 Å². The predicted octanol–water partition coefficient (Wildman–Crippen LogP) is 1.67. The van der Waals surface area contributed by atoms with Crippen molar-refractivity contribution in [2.75, 3.05) is 0 Å². The van der Waals surface area contributed by atoms with Crippen LogP contribution in [-0.4, -0.2) is 21.5 Å². The van der Waals surface area contributed by atoms with Gasteiger partial charge in [0.15, 0.2) is 0 Å². The number of imidazole rings is 1. The zero-order chi connectivity index (χ0) is 17.8. The van der Waals surface area contributed by atoms with Gasteiger partial charge in [0.05, 0.1) is 17.6 Å². The zero-order valence-corrected chi connectivity index (χ0v) is 13.8. The van der Waals surface area contributed by atoms with Crippen molar-refractivity contribution in [2.24, 2.45) is 12.8 Å². The fourth-order valence-corrected chi connectivity index (χ4v) is 2.58. The van der Waals surface area contributed by atoms with Gasteiger partial charge in [0.1, 0.15) is 5.82 Å². The Bertz CT molecular complexity index is 915. The highest BCUT2D eigenvalue weighted by atomic mass is 16.2. The summed E-state index contributed by atoms with van der Waals surface area (Å²) in [6.45, 7) is 0.673. The second-order valence-electron chi connectivity index (χ2n) is 5.67. The summed E-state index contributed by atoms with van der Waals surface area (Å²) in [6.07, 6.45) is 0. The number of amides is 3. The number of primary amides is 1. The first kappa shape index (κ1) is 16.5. The van der Waals surface area contributed by atoms with Crippen molar-refractivity contribution in [3.63, 3.8) is 0 Å². The molecule has 1 aromatic heterocycles. The number of hydrogen-bond donors (Lipinski definition) is 3. The Balaban J connectivity index is 1.63. The van der Waals surface area contributed by atoms with Crippen LogP contribution in [-0.2, 0) is 20.1 Å². The number of carbonyl (C=O) groups excluding carboxylic acids is 2. The number of urea groups is 1. The van der Waals surface area contributed by atoms with E-state index in [0.717, 1.165) is 22.4 Å². The van der Waals surface area contributed by atoms with Crippen LogP contribution in [0.25, 0.3) is 11.0 Å². The number of nitrogens with two attached hydrogens (primary N) is 1. The largest absolute Gasteiger partial charge is 0.352 e. The molecule has 0 atom stereocenters. The first-order valence-electron chi connectivity index (χ1n) is 7.85. The van der Waals surface area contributed by atoms with E-state index < -0.39 is 6.03 Å². The molecular weight excluding hydrogens is 318 g/mol. The molecule has 4 N–H and O–H groups in total. The van der Waals surface area contributed by atoms with Crippen molar-refractivity contribution in [2.45, 2.75) is 13.1 Å². The van der Waals surface area contributed by atoms with Crippen LogP contribution in [0.3, 0.4) is 0 Å². The van der Waals surface area contributed by atoms with E-state index in [0.29, 0.717) is 18.7 Å². The molecule has 0 aliphatic carbocycles. The van der Waals surface area contributed by atoms with E-state index in [1.807, 2.05) is 35.9 Å². The average molecular weight is 337 g/mol. The lowest BCUT2D eigenvalue weighted by atomic mass is 10.1. The summed E-state index contributed by atoms with van der Waals surface area (Å²) < 4.78 is 1.97. The molecule has 3 aromatic rings. The Kier molecular flexibility index (Phi) is 4.65. The molecule has 1 heterocycles. The van der Waals surface area contributed by atoms with Crippen LogP contribution in [0.1, 0.15) is 21.7 Å². The molecule has 0 saturated heterocycles. The highest BCUT2D eigenvalue weighted by molar-refractivity contribution is 5.94. The summed E-state index contributed by atoms with van der Waals surface area (Å²) >= 11 is 0. The molecule has 7 heteroatoms. The summed E-state index contributed by atoms with van der Waals surface area (Å²) in [6, 6.07) is 14.2. The number of hydrogen-bond acceptors (Lipinski definition) is 3. The van der Waals surface area contributed by atoms with Gasteiger partial charge in [-0.05, 0) is 29.8 Å². The SMILES string of the molecule is Cn1c(CNC(=O)c2ccc(CNC(N)=O)cc2)nc2ccccc21. The van der Waals surface area contributed by atoms with Gasteiger partial charge >= 0.3 is 6.03 Å². The molecule has 0 saturated carbocycles. The Hall–Kier alpha value is -3.35. The lowest BCUT2D eigenvalue weighted by Gasteiger charge is -2.07. The maximum absolute atomic E-state index is 12.3. The van der Waals surface area contributed by atoms with E-state index in [1.165, 1.54) is 0 Å². The molecule has 3 rings (SSSR count). The molecule has 0 fully saturated rings. The minimum absolute atomic E-state index is 0.179. The lowest BCUT2D eigenvalue weighted by molar-refractivity contribution is 0.0949. The number of rotatable bonds is 5. The first-order valence-corrected chi connectivity index (χ1v) is 7.85. The van der Waals surface area contributed by atoms with Crippen molar-refractivity contribution >= 4 is 23.0 Å². The molecule has 0 aliphatic rings. The Labute approximate surface area is 144 Å². The van der Waals surface area contributed by atoms with E-state index in [4.69, 9.17) is 5.73 Å². The van der Waals surface area contributed by atoms with Gasteiger partial charge in [0.2, 0.25) is 0 Å². The van der Waals surface area contributed by atoms with Crippen LogP contribution in [0.15, 0.2) is 48.5 Å². The van der Waals surface area contributed by atoms with Crippen LogP contribution in [0.2, 0.25) is 0 Å². The number of aryl methyl sites for hydroxylation is 1. The van der Waals surface area contributed by atoms with Crippen LogP contribution in [0.5, 0.6) is 0 Å². The van der Waals surface area contributed by atoms with Crippen LogP contribution in [0, 0.1) is 0 Å². The number of nitrogens with zero attached hydrogens (tertiary/aromatic N) is 2. The van der Waals surface area contributed by atoms with Crippen LogP contribution in [0.4, 0.5) is 4.79 Å². The van der Waals surface area contributed by atoms with Gasteiger partial charge in [-0.25, -0.2) is 9.78 Å². The Morgan fingerprint density at radius 1 is 1.04 bits per heavy atom. The predicted molar refractivity (Wildman–Crippen MR) is 94.7 cm³/mol. The van der Waals surface area contributed by atoms with Crippen LogP contribution < -0.4 is 16.4 Å². The van der Waals surface area contributed by atoms with E-state index in [2.05, 4.69) is 15.6 Å². The van der Waals surface area contributed by atoms with E-state index in [1.54, 1.807) is 24.3 Å². The fourth-order valence-electron chi connectivity index (χ4n) is 2.58. The number of para-hydroxylation sites is 2. The lowest BCUT2D eigenvalue weighted by Crippen LogP contribution is -2.28. The number of carbonyl (C=O) groups is 2. The van der Waals surface area contributed by atoms with Crippen molar-refractivity contribution < 1.29 is 9.59 Å². The molecule has 0 bridgehead atoms. The minimum atomic E-state index is -0.579. The summed E-state index contributed by atoms with van der Waals surface area (Å²) in [5.41, 5.74) is 8.37. The minimum Gasteiger partial charge on any atom is -0.352 e. The normalized spacial score (nSPS) is 10.6. The fraction of sp³-hybridized carbons (Fsp3) is 0.167. The molecule has 0 radical (unpaired) electrons. The smallest absolute Gasteiger partial charge is 0.312 e. The molecule has 0 aliphatic heterocycles. The number of nitrogens with one attached hydrogen (secondary N) is 2. The van der Waals surface area contributed by atoms with Crippen molar-refractivity contribution in [1.82, 2.24) is 20.2 Å². The van der Waals surface area contributed by atoms with E-state index in [9.17, 15) is 9.59 Å². The molecule has 128 valence electrons. The Morgan fingerprint density at radius 3 is 2.44 bits per heavy atom. The molecule has 0 spiro atoms. The quantitative estimate of drug-likeness (QED) is 0.660. The monoisotopic (exact) mass is 337 g/mol. The van der Waals surface area contributed by atoms with Gasteiger partial charge in [0, 0.05) is 19.2 Å². The number of aromatic nitrogens is 2. The third kappa shape index (κ3) is 3.77. The first-order chi connectivity index (χ1) is 12.0. The highest BCUT2D eigenvalue weighted by Gasteiger charge is 2.10. The van der Waals surface area contributed by atoms with Gasteiger partial charge in [0.25, 0.3) is 5.91 Å². The molecule has 3 amide bonds. The van der Waals surface area contributed by atoms with Gasteiger partial charge < -0.3 is 20.9 Å². The summed E-state index contributed by atoms with van der Waals surface area (Å²) in [5.74, 6) is 0.610. The summed E-state index contributed by atoms with van der Waals surface area (Å²) in [7, 11) is 1.93. The van der Waals surface area contributed by atoms with Crippen molar-refractivity contribution in [3.05, 3.63) is 65.5 Å². The highest BCUT2D eigenvalue weighted by Crippen LogP contribution is 2.14. The number of fused-ring (bicyclic) bond motifs is 1. The van der Waals surface area contributed by atoms with Gasteiger partial charge in [-0.1, -0.05) is 24.3 Å². The summed E-state index contributed by atoms with van der Waals surface area (Å²) in [4.78, 5) is 27.5. The van der Waals surface area contributed by atoms with E-state index in [-0.39, 0.29) is 5.91 Å². The van der Waals surface area contributed by atoms with Crippen LogP contribution >= 0.6 is 0 Å². The molecule has 7 nitrogen and oxygen atoms in total. The average Bonchev–Trinajstić information content (AvgIpc) is 2.94. The van der Waals surface area contributed by atoms with Gasteiger partial charge in [-0.2, -0.15) is 0 Å². The van der Waals surface area contributed by atoms with Crippen molar-refractivity contribution in [3.8, 4) is 0 Å². The molecular formula is C18H19N5O2. The number of benzene rings is 2. The standard InChI is InChI=1S/C18H19N5O2/c1-23-15-5-3-2-4-14(15)22-16(23)11-20-17(24)13-8-6-12(7-9-13)10-21-18(19)25/h2-9H,10-11H2,1H3,(H,20,24)(H3,19,21,25). The third-order valence-corrected chi connectivity index (χ3v) is 3.97. The maximum Gasteiger partial charge on any atom is 0.312 e. The van der Waals surface area contributed by atoms with E-state index >= 15 is 0 Å². The molecule has 2 aromatic carbocycles. The summed E-state index contributed by atoms with van der Waals surface area (Å²) in [5, 5.41) is 5.38. The van der Waals surface area contributed by atoms with Gasteiger partial charge in [-0.3, -0.25) is 4.79 Å². The topological polar surface area (TPSA) is 102 Å². The second kappa shape index (κ2) is 7.04. The molecule has 0 unspecified atom stereocenters. The third-order valence-electron chi connectivity index (χ3n) is 3.97. The molecule has 25 heavy (non-hydrogen) atoms. The maximum atomic E-state index is 12.3. The van der Waals surface area contributed by atoms with Crippen molar-refractivity contribution in [1.29, 1.82) is 0 Å². The zero-order valence-electron chi connectivity index (χ0n) is 13.8.